The van der Waals surface area contributed by atoms with Crippen LogP contribution in [0.2, 0.25) is 10.0 Å². The van der Waals surface area contributed by atoms with Gasteiger partial charge >= 0.3 is 0 Å². The van der Waals surface area contributed by atoms with Crippen molar-refractivity contribution in [3.05, 3.63) is 28.2 Å². The number of likely N-dealkylation sites (tertiary alicyclic amines) is 1. The van der Waals surface area contributed by atoms with E-state index < -0.39 is 0 Å². The lowest BCUT2D eigenvalue weighted by Crippen LogP contribution is -2.36. The van der Waals surface area contributed by atoms with Crippen LogP contribution in [0.25, 0.3) is 0 Å². The van der Waals surface area contributed by atoms with Gasteiger partial charge < -0.3 is 15.4 Å². The van der Waals surface area contributed by atoms with Gasteiger partial charge in [-0.15, -0.1) is 0 Å². The zero-order valence-corrected chi connectivity index (χ0v) is 13.1. The summed E-state index contributed by atoms with van der Waals surface area (Å²) in [6.07, 6.45) is 2.21. The number of nitrogens with two attached hydrogens (primary N) is 1. The van der Waals surface area contributed by atoms with Crippen molar-refractivity contribution in [1.29, 1.82) is 0 Å². The number of fused-ring (bicyclic) bond motifs is 1. The number of nitrogens with zero attached hydrogens (tertiary/aromatic N) is 1. The number of rotatable bonds is 3. The van der Waals surface area contributed by atoms with Crippen molar-refractivity contribution in [2.75, 3.05) is 19.7 Å². The smallest absolute Gasteiger partial charge is 0.260 e. The van der Waals surface area contributed by atoms with Crippen LogP contribution < -0.4 is 10.5 Å². The SMILES string of the molecule is NC1CCC2CN(C(=O)COc3ccc(Cl)c(Cl)c3)CC12. The number of carbonyl (C=O) groups is 1. The zero-order chi connectivity index (χ0) is 15.0. The van der Waals surface area contributed by atoms with Gasteiger partial charge in [0, 0.05) is 25.2 Å². The van der Waals surface area contributed by atoms with Crippen molar-refractivity contribution in [3.63, 3.8) is 0 Å². The lowest BCUT2D eigenvalue weighted by molar-refractivity contribution is -0.132. The first-order chi connectivity index (χ1) is 10.0. The molecule has 1 heterocycles. The molecule has 114 valence electrons. The van der Waals surface area contributed by atoms with Gasteiger partial charge in [-0.2, -0.15) is 0 Å². The van der Waals surface area contributed by atoms with E-state index in [0.29, 0.717) is 27.6 Å². The highest BCUT2D eigenvalue weighted by molar-refractivity contribution is 6.42. The maximum atomic E-state index is 12.2. The van der Waals surface area contributed by atoms with E-state index in [2.05, 4.69) is 0 Å². The monoisotopic (exact) mass is 328 g/mol. The highest BCUT2D eigenvalue weighted by atomic mass is 35.5. The molecule has 1 saturated heterocycles. The molecule has 1 aromatic rings. The molecule has 1 saturated carbocycles. The van der Waals surface area contributed by atoms with Crippen LogP contribution in [0.3, 0.4) is 0 Å². The zero-order valence-electron chi connectivity index (χ0n) is 11.6. The molecule has 6 heteroatoms. The summed E-state index contributed by atoms with van der Waals surface area (Å²) >= 11 is 11.8. The standard InChI is InChI=1S/C15H18Cl2N2O2/c16-12-3-2-10(5-13(12)17)21-8-15(20)19-6-9-1-4-14(18)11(9)7-19/h2-3,5,9,11,14H,1,4,6-8,18H2. The average Bonchev–Trinajstić information content (AvgIpc) is 3.02. The van der Waals surface area contributed by atoms with Gasteiger partial charge in [-0.3, -0.25) is 4.79 Å². The largest absolute Gasteiger partial charge is 0.484 e. The number of halogens is 2. The lowest BCUT2D eigenvalue weighted by Gasteiger charge is -2.19. The fourth-order valence-electron chi connectivity index (χ4n) is 3.31. The maximum Gasteiger partial charge on any atom is 0.260 e. The summed E-state index contributed by atoms with van der Waals surface area (Å²) in [5, 5.41) is 0.889. The Morgan fingerprint density at radius 2 is 2.10 bits per heavy atom. The van der Waals surface area contributed by atoms with Crippen LogP contribution in [0.4, 0.5) is 0 Å². The van der Waals surface area contributed by atoms with Crippen molar-refractivity contribution >= 4 is 29.1 Å². The van der Waals surface area contributed by atoms with Crippen LogP contribution in [-0.4, -0.2) is 36.5 Å². The van der Waals surface area contributed by atoms with E-state index in [0.717, 1.165) is 25.9 Å². The van der Waals surface area contributed by atoms with Crippen molar-refractivity contribution in [3.8, 4) is 5.75 Å². The van der Waals surface area contributed by atoms with Crippen molar-refractivity contribution in [2.24, 2.45) is 17.6 Å². The molecule has 1 aliphatic carbocycles. The third kappa shape index (κ3) is 3.12. The Labute approximate surface area is 134 Å². The fraction of sp³-hybridized carbons (Fsp3) is 0.533. The second-order valence-corrected chi connectivity index (χ2v) is 6.64. The van der Waals surface area contributed by atoms with Crippen LogP contribution in [0.1, 0.15) is 12.8 Å². The Balaban J connectivity index is 1.54. The van der Waals surface area contributed by atoms with Gasteiger partial charge in [-0.25, -0.2) is 0 Å². The predicted octanol–water partition coefficient (Wildman–Crippen LogP) is 2.57. The molecule has 1 amide bonds. The molecule has 3 rings (SSSR count). The highest BCUT2D eigenvalue weighted by Gasteiger charge is 2.42. The summed E-state index contributed by atoms with van der Waals surface area (Å²) in [6.45, 7) is 1.59. The molecule has 2 N–H and O–H groups in total. The molecule has 2 aliphatic rings. The van der Waals surface area contributed by atoms with Gasteiger partial charge in [0.2, 0.25) is 0 Å². The van der Waals surface area contributed by atoms with Crippen LogP contribution in [0.5, 0.6) is 5.75 Å². The Bertz CT molecular complexity index is 552. The molecule has 4 nitrogen and oxygen atoms in total. The van der Waals surface area contributed by atoms with Gasteiger partial charge in [-0.05, 0) is 36.8 Å². The molecule has 21 heavy (non-hydrogen) atoms. The minimum Gasteiger partial charge on any atom is -0.484 e. The van der Waals surface area contributed by atoms with Crippen molar-refractivity contribution in [2.45, 2.75) is 18.9 Å². The van der Waals surface area contributed by atoms with E-state index in [1.807, 2.05) is 4.90 Å². The minimum atomic E-state index is 0.00247. The third-order valence-electron chi connectivity index (χ3n) is 4.52. The number of amides is 1. The highest BCUT2D eigenvalue weighted by Crippen LogP contribution is 2.37. The van der Waals surface area contributed by atoms with Crippen molar-refractivity contribution < 1.29 is 9.53 Å². The van der Waals surface area contributed by atoms with Gasteiger partial charge in [-0.1, -0.05) is 23.2 Å². The minimum absolute atomic E-state index is 0.00247. The number of ether oxygens (including phenoxy) is 1. The molecule has 3 unspecified atom stereocenters. The maximum absolute atomic E-state index is 12.2. The first kappa shape index (κ1) is 14.9. The summed E-state index contributed by atoms with van der Waals surface area (Å²) in [5.74, 6) is 1.57. The molecule has 3 atom stereocenters. The van der Waals surface area contributed by atoms with Crippen LogP contribution in [-0.2, 0) is 4.79 Å². The fourth-order valence-corrected chi connectivity index (χ4v) is 3.60. The van der Waals surface area contributed by atoms with Crippen molar-refractivity contribution in [1.82, 2.24) is 4.90 Å². The molecule has 0 spiro atoms. The van der Waals surface area contributed by atoms with Crippen LogP contribution >= 0.6 is 23.2 Å². The first-order valence-electron chi connectivity index (χ1n) is 7.16. The molecule has 0 radical (unpaired) electrons. The molecule has 1 aromatic carbocycles. The number of benzene rings is 1. The summed E-state index contributed by atoms with van der Waals surface area (Å²) in [5.41, 5.74) is 6.08. The van der Waals surface area contributed by atoms with Gasteiger partial charge in [0.15, 0.2) is 6.61 Å². The lowest BCUT2D eigenvalue weighted by atomic mass is 9.98. The Kier molecular flexibility index (Phi) is 4.29. The second-order valence-electron chi connectivity index (χ2n) is 5.83. The third-order valence-corrected chi connectivity index (χ3v) is 5.26. The molecule has 0 aromatic heterocycles. The number of hydrogen-bond acceptors (Lipinski definition) is 3. The van der Waals surface area contributed by atoms with E-state index in [1.54, 1.807) is 18.2 Å². The van der Waals surface area contributed by atoms with Crippen LogP contribution in [0.15, 0.2) is 18.2 Å². The summed E-state index contributed by atoms with van der Waals surface area (Å²) in [6, 6.07) is 5.22. The molecule has 1 aliphatic heterocycles. The average molecular weight is 329 g/mol. The first-order valence-corrected chi connectivity index (χ1v) is 7.91. The van der Waals surface area contributed by atoms with E-state index >= 15 is 0 Å². The van der Waals surface area contributed by atoms with E-state index in [9.17, 15) is 4.79 Å². The molecular weight excluding hydrogens is 311 g/mol. The molecule has 2 fully saturated rings. The second kappa shape index (κ2) is 6.03. The Morgan fingerprint density at radius 3 is 2.81 bits per heavy atom. The topological polar surface area (TPSA) is 55.6 Å². The van der Waals surface area contributed by atoms with E-state index in [4.69, 9.17) is 33.7 Å². The van der Waals surface area contributed by atoms with E-state index in [-0.39, 0.29) is 18.6 Å². The number of carbonyl (C=O) groups excluding carboxylic acids is 1. The summed E-state index contributed by atoms with van der Waals surface area (Å²) < 4.78 is 5.50. The van der Waals surface area contributed by atoms with Gasteiger partial charge in [0.05, 0.1) is 10.0 Å². The molecular formula is C15H18Cl2N2O2. The summed E-state index contributed by atoms with van der Waals surface area (Å²) in [7, 11) is 0. The van der Waals surface area contributed by atoms with Crippen LogP contribution in [0, 0.1) is 11.8 Å². The normalized spacial score (nSPS) is 27.8. The van der Waals surface area contributed by atoms with E-state index in [1.165, 1.54) is 0 Å². The predicted molar refractivity (Wildman–Crippen MR) is 82.7 cm³/mol. The summed E-state index contributed by atoms with van der Waals surface area (Å²) in [4.78, 5) is 14.1. The van der Waals surface area contributed by atoms with Gasteiger partial charge in [0.1, 0.15) is 5.75 Å². The Morgan fingerprint density at radius 1 is 1.29 bits per heavy atom. The van der Waals surface area contributed by atoms with Gasteiger partial charge in [0.25, 0.3) is 5.91 Å². The number of hydrogen-bond donors (Lipinski definition) is 1. The quantitative estimate of drug-likeness (QED) is 0.927. The molecule has 0 bridgehead atoms. The Hall–Kier alpha value is -0.970.